The third-order valence-electron chi connectivity index (χ3n) is 22.7. The molecular weight excluding hydrogens is 1770 g/mol. The maximum atomic E-state index is 11.5. The quantitative estimate of drug-likeness (QED) is 0.0369. The van der Waals surface area contributed by atoms with Crippen LogP contribution in [-0.4, -0.2) is 260 Å². The van der Waals surface area contributed by atoms with E-state index in [1.165, 1.54) is 0 Å². The van der Waals surface area contributed by atoms with E-state index in [9.17, 15) is 38.9 Å². The summed E-state index contributed by atoms with van der Waals surface area (Å²) in [4.78, 5) is 2.67. The Labute approximate surface area is 956 Å². The standard InChI is InChI=1S/2C20H31NO3.4C19H29NO3/c2*1-20(2,3)11-14-12-21-7-6-13-8-18(23-4)19(24-5)9-15(13)16(21)10-17(14)22;4*1-12(2)7-14-11-20-6-5-13-8-18(22-3)19(23-4)9-15(13)16(20)10-17(14)21/h2*8-9,14,16-17,22H,6-7,10-12H2,1-5H3;4*8-9,12,14,16-17,21H,5-7,10-11H2,1-4H3/i1D3,2D3,6D2,7D2,8D,9D,10D2,11D2,14D,16D,17D;1D3,2D3,5D3,6D2,7D2,8D,9D,11D2,16D;4D3,5D2,6D2,8D,9D,10D2,14D,16D,17D;2*5D2,6D2,8D,9D,10D2,14D,16D,17D;4D3,5D2,6D2,8D,9D,16D. The molecule has 0 saturated carbocycles. The van der Waals surface area contributed by atoms with E-state index < -0.39 is 536 Å². The highest BCUT2D eigenvalue weighted by Gasteiger charge is 2.47. The Morgan fingerprint density at radius 3 is 0.771 bits per heavy atom. The first-order valence-electron chi connectivity index (χ1n) is 85.9. The number of hydrogen-bond donors (Lipinski definition) is 6. The lowest BCUT2D eigenvalue weighted by Gasteiger charge is -2.47. The topological polar surface area (TPSA) is 252 Å². The van der Waals surface area contributed by atoms with Gasteiger partial charge in [-0.1, -0.05) is 96.6 Å². The third kappa shape index (κ3) is 26.3. The summed E-state index contributed by atoms with van der Waals surface area (Å²) in [5.74, 6) is -21.7. The van der Waals surface area contributed by atoms with Crippen molar-refractivity contribution in [2.75, 3.05) is 163 Å². The van der Waals surface area contributed by atoms with Gasteiger partial charge in [0.05, 0.1) is 164 Å². The number of ether oxygens (including phenoxy) is 12. The second-order valence-corrected chi connectivity index (χ2v) is 35.4. The van der Waals surface area contributed by atoms with Gasteiger partial charge >= 0.3 is 0 Å². The van der Waals surface area contributed by atoms with Crippen molar-refractivity contribution >= 4 is 0 Å². The van der Waals surface area contributed by atoms with Gasteiger partial charge in [-0.25, -0.2) is 0 Å². The zero-order valence-electron chi connectivity index (χ0n) is 164. The fraction of sp³-hybridized carbons (Fsp3) is 0.690. The summed E-state index contributed by atoms with van der Waals surface area (Å²) in [5.41, 5.74) is -16.6. The number of nitrogens with zero attached hydrogens (tertiary/aromatic N) is 6. The van der Waals surface area contributed by atoms with Crippen LogP contribution in [0.3, 0.4) is 0 Å². The Bertz CT molecular complexity index is 9100. The van der Waals surface area contributed by atoms with E-state index in [0.717, 1.165) is 68.9 Å². The highest BCUT2D eigenvalue weighted by Crippen LogP contribution is 2.53. The molecule has 140 heavy (non-hydrogen) atoms. The number of piperidine rings is 6. The van der Waals surface area contributed by atoms with Crippen LogP contribution in [-0.2, 0) is 38.2 Å². The molecule has 0 aliphatic carbocycles. The molecule has 6 saturated heterocycles. The van der Waals surface area contributed by atoms with Gasteiger partial charge in [-0.3, -0.25) is 29.4 Å². The van der Waals surface area contributed by atoms with Crippen molar-refractivity contribution in [2.45, 2.75) is 284 Å². The number of aliphatic hydroxyl groups is 6. The number of rotatable bonds is 22. The molecule has 0 amide bonds. The second kappa shape index (κ2) is 48.6. The summed E-state index contributed by atoms with van der Waals surface area (Å²) >= 11 is 0. The summed E-state index contributed by atoms with van der Waals surface area (Å²) < 4.78 is 764. The van der Waals surface area contributed by atoms with Crippen molar-refractivity contribution in [1.29, 1.82) is 0 Å². The van der Waals surface area contributed by atoms with Gasteiger partial charge in [0.2, 0.25) is 0 Å². The maximum absolute atomic E-state index is 11.5. The molecule has 12 aliphatic heterocycles. The normalized spacial score (nSPS) is 50.0. The van der Waals surface area contributed by atoms with Gasteiger partial charge in [0.25, 0.3) is 0 Å². The van der Waals surface area contributed by atoms with Gasteiger partial charge in [0, 0.05) is 186 Å². The fourth-order valence-electron chi connectivity index (χ4n) is 16.6. The molecule has 18 atom stereocenters. The van der Waals surface area contributed by atoms with E-state index in [-0.39, 0.29) is 54.9 Å². The lowest BCUT2D eigenvalue weighted by molar-refractivity contribution is -0.0259. The van der Waals surface area contributed by atoms with Crippen LogP contribution in [0.5, 0.6) is 69.0 Å². The zero-order valence-corrected chi connectivity index (χ0v) is 80.9. The molecule has 0 bridgehead atoms. The highest BCUT2D eigenvalue weighted by molar-refractivity contribution is 5.55. The number of benzene rings is 6. The molecule has 24 nitrogen and oxygen atoms in total. The predicted octanol–water partition coefficient (Wildman–Crippen LogP) is 19.0. The van der Waals surface area contributed by atoms with Crippen LogP contribution in [0.25, 0.3) is 0 Å². The molecule has 6 aromatic rings. The van der Waals surface area contributed by atoms with Crippen LogP contribution >= 0.6 is 0 Å². The van der Waals surface area contributed by atoms with E-state index in [1.54, 1.807) is 41.5 Å². The molecule has 24 heteroatoms. The lowest BCUT2D eigenvalue weighted by atomic mass is 9.75. The van der Waals surface area contributed by atoms with Gasteiger partial charge in [0.1, 0.15) is 0 Å². The Morgan fingerprint density at radius 1 is 0.307 bits per heavy atom. The predicted molar refractivity (Wildman–Crippen MR) is 556 cm³/mol. The van der Waals surface area contributed by atoms with Crippen molar-refractivity contribution in [1.82, 2.24) is 29.4 Å². The minimum Gasteiger partial charge on any atom is -0.493 e. The molecule has 0 radical (unpaired) electrons. The fourth-order valence-corrected chi connectivity index (χ4v) is 16.6. The van der Waals surface area contributed by atoms with E-state index in [2.05, 4.69) is 0 Å². The van der Waals surface area contributed by atoms with Crippen molar-refractivity contribution in [2.24, 2.45) is 69.9 Å². The average molecular weight is 2030 g/mol. The van der Waals surface area contributed by atoms with Gasteiger partial charge in [-0.2, -0.15) is 0 Å². The van der Waals surface area contributed by atoms with E-state index >= 15 is 0 Å². The van der Waals surface area contributed by atoms with E-state index in [1.807, 2.05) is 13.8 Å². The SMILES string of the molecule is [2H]c1c(OC([2H])([2H])[2H])c(OC)c([2H])c2c1C1([2H])CC(O)C(C([2H])([2H])C(C)(C([2H])([2H])[2H])C([2H])([2H])[2H])CN1C([2H])([2H])C2([2H])[2H].[2H]c1c(OC([2H])([2H])[2H])c(OC)c([2H])c2c1C1([2H])CC(O)C(CC(C)C)CN1C([2H])([2H])C2([2H])[2H].[2H]c1c(OC)c(OC([2H])([2H])[2H])c([2H])c2c1C([2H])([2H])C([2H])([2H])N1CC([2H])(CC(C)C)C([2H])(O)C([2H])([2H])C21[2H].[2H]c1c(OC)c(OC)c([2H])c2c1C([2H])([2H])C([2H])([2H])N1CC([2H])(C([2H])([2H])C(C)(C([2H])([2H])[2H])C([2H])([2H])[2H])C([2H])(O)C([2H])([2H])C21[2H].[2H]c1c(OC)c(OC)c([2H])c2c1C([2H])([2H])C([2H])([2H])N1CC([2H])(CC(C)C)C([2H])(O)C([2H])([2H])C21[2H].[2H]c1c(OC)c(OC)c([2H])c2c1C([2H])([2H])C([2H])([2H])N1CC([2H])(CC(C)C)C([2H])(O)C([2H])([2H])C21[2H]. The number of hydrogen-bond acceptors (Lipinski definition) is 24. The first-order chi connectivity index (χ1) is 99.0. The summed E-state index contributed by atoms with van der Waals surface area (Å²) in [6.07, 6.45) is -59.9. The summed E-state index contributed by atoms with van der Waals surface area (Å²) in [6.45, 7) is -24.9. The Balaban J connectivity index is 0.000000213. The van der Waals surface area contributed by atoms with Crippen molar-refractivity contribution < 1.29 is 201 Å². The number of aliphatic hydroxyl groups excluding tert-OH is 2. The Hall–Kier alpha value is -7.56. The Kier molecular flexibility index (Phi) is 15.4. The van der Waals surface area contributed by atoms with Crippen molar-refractivity contribution in [3.05, 3.63) is 139 Å². The molecular formula is C116H178N6O18. The van der Waals surface area contributed by atoms with Gasteiger partial charge in [0.15, 0.2) is 69.0 Å². The van der Waals surface area contributed by atoms with Crippen LogP contribution in [0, 0.1) is 69.9 Å². The van der Waals surface area contributed by atoms with Crippen LogP contribution in [0.4, 0.5) is 0 Å². The molecule has 12 aliphatic rings. The van der Waals surface area contributed by atoms with E-state index in [4.69, 9.17) is 162 Å². The molecule has 6 fully saturated rings. The lowest BCUT2D eigenvalue weighted by Crippen LogP contribution is -2.48. The maximum Gasteiger partial charge on any atom is 0.161 e. The minimum absolute atomic E-state index is 0.0704. The molecule has 0 spiro atoms. The Morgan fingerprint density at radius 2 is 0.521 bits per heavy atom. The van der Waals surface area contributed by atoms with Crippen LogP contribution in [0.15, 0.2) is 72.5 Å². The van der Waals surface area contributed by atoms with E-state index in [0.29, 0.717) is 39.9 Å². The molecule has 18 unspecified atom stereocenters. The smallest absolute Gasteiger partial charge is 0.161 e. The number of methoxy groups -OCH3 is 12. The number of fused-ring (bicyclic) bond motifs is 18. The molecule has 6 N–H and O–H groups in total. The molecule has 18 rings (SSSR count). The monoisotopic (exact) mass is 2030 g/mol. The van der Waals surface area contributed by atoms with Crippen molar-refractivity contribution in [3.63, 3.8) is 0 Å². The average Bonchev–Trinajstić information content (AvgIpc) is 0.636. The molecule has 0 aromatic heterocycles. The van der Waals surface area contributed by atoms with Gasteiger partial charge < -0.3 is 87.5 Å². The van der Waals surface area contributed by atoms with Crippen LogP contribution < -0.4 is 56.8 Å². The van der Waals surface area contributed by atoms with Crippen molar-refractivity contribution in [3.8, 4) is 69.0 Å². The summed E-state index contributed by atoms with van der Waals surface area (Å²) in [5, 5.41) is 67.1. The second-order valence-electron chi connectivity index (χ2n) is 35.4. The van der Waals surface area contributed by atoms with Crippen LogP contribution in [0.1, 0.15) is 390 Å². The summed E-state index contributed by atoms with van der Waals surface area (Å²) in [6, 6.07) is -28.1. The first kappa shape index (κ1) is 44.2. The molecule has 12 heterocycles. The van der Waals surface area contributed by atoms with Gasteiger partial charge in [-0.05, 0) is 324 Å². The highest BCUT2D eigenvalue weighted by atomic mass is 16.5. The molecule has 6 aromatic carbocycles. The zero-order chi connectivity index (χ0) is 174. The largest absolute Gasteiger partial charge is 0.493 e. The summed E-state index contributed by atoms with van der Waals surface area (Å²) in [7, 11) is 0.189. The minimum atomic E-state index is -4.29. The van der Waals surface area contributed by atoms with Crippen LogP contribution in [0.2, 0.25) is 0 Å². The third-order valence-corrected chi connectivity index (χ3v) is 22.7. The first-order valence-corrected chi connectivity index (χ1v) is 44.4. The van der Waals surface area contributed by atoms with Gasteiger partial charge in [-0.15, -0.1) is 0 Å². The molecule has 780 valence electrons.